The molecule has 1 N–H and O–H groups in total. The number of aliphatic carboxylic acids is 1. The number of benzene rings is 2. The third-order valence-electron chi connectivity index (χ3n) is 4.74. The van der Waals surface area contributed by atoms with Gasteiger partial charge in [-0.2, -0.15) is 0 Å². The highest BCUT2D eigenvalue weighted by Gasteiger charge is 2.37. The predicted octanol–water partition coefficient (Wildman–Crippen LogP) is 6.36. The first-order valence-corrected chi connectivity index (χ1v) is 9.86. The quantitative estimate of drug-likeness (QED) is 0.474. The van der Waals surface area contributed by atoms with Crippen LogP contribution in [0.4, 0.5) is 0 Å². The summed E-state index contributed by atoms with van der Waals surface area (Å²) in [5, 5.41) is 10.7. The number of halogens is 3. The molecule has 1 heterocycles. The van der Waals surface area contributed by atoms with Crippen molar-refractivity contribution in [3.05, 3.63) is 68.9 Å². The minimum atomic E-state index is -1.12. The predicted molar refractivity (Wildman–Crippen MR) is 112 cm³/mol. The molecular formula is C20H17BrCl2N2O2. The largest absolute Gasteiger partial charge is 0.481 e. The van der Waals surface area contributed by atoms with Gasteiger partial charge in [-0.15, -0.1) is 0 Å². The molecule has 0 amide bonds. The van der Waals surface area contributed by atoms with Crippen LogP contribution in [0.3, 0.4) is 0 Å². The van der Waals surface area contributed by atoms with Gasteiger partial charge in [0.15, 0.2) is 0 Å². The molecule has 1 atom stereocenters. The lowest BCUT2D eigenvalue weighted by molar-refractivity contribution is -0.143. The van der Waals surface area contributed by atoms with Gasteiger partial charge in [0.25, 0.3) is 0 Å². The minimum absolute atomic E-state index is 0.398. The summed E-state index contributed by atoms with van der Waals surface area (Å²) < 4.78 is 2.76. The fourth-order valence-corrected chi connectivity index (χ4v) is 3.61. The van der Waals surface area contributed by atoms with Crippen molar-refractivity contribution in [1.82, 2.24) is 9.55 Å². The van der Waals surface area contributed by atoms with Crippen LogP contribution in [0, 0.1) is 0 Å². The average molecular weight is 468 g/mol. The molecule has 0 saturated heterocycles. The van der Waals surface area contributed by atoms with E-state index in [1.54, 1.807) is 31.3 Å². The first-order chi connectivity index (χ1) is 12.8. The molecule has 3 aromatic rings. The van der Waals surface area contributed by atoms with E-state index in [9.17, 15) is 9.90 Å². The topological polar surface area (TPSA) is 55.1 Å². The van der Waals surface area contributed by atoms with E-state index >= 15 is 0 Å². The van der Waals surface area contributed by atoms with Gasteiger partial charge in [-0.05, 0) is 49.7 Å². The van der Waals surface area contributed by atoms with Gasteiger partial charge in [0.1, 0.15) is 11.2 Å². The molecule has 0 fully saturated rings. The third kappa shape index (κ3) is 3.64. The molecule has 0 aliphatic heterocycles. The highest BCUT2D eigenvalue weighted by atomic mass is 79.9. The number of carbonyl (C=O) groups is 1. The van der Waals surface area contributed by atoms with Crippen molar-refractivity contribution in [2.45, 2.75) is 25.7 Å². The van der Waals surface area contributed by atoms with E-state index in [2.05, 4.69) is 20.9 Å². The maximum atomic E-state index is 11.9. The van der Waals surface area contributed by atoms with Crippen LogP contribution in [0.15, 0.2) is 53.1 Å². The van der Waals surface area contributed by atoms with Crippen molar-refractivity contribution < 1.29 is 9.90 Å². The van der Waals surface area contributed by atoms with Crippen LogP contribution in [-0.4, -0.2) is 20.6 Å². The van der Waals surface area contributed by atoms with Gasteiger partial charge < -0.3 is 5.11 Å². The monoisotopic (exact) mass is 466 g/mol. The Morgan fingerprint density at radius 1 is 1.19 bits per heavy atom. The molecule has 0 saturated carbocycles. The summed E-state index contributed by atoms with van der Waals surface area (Å²) in [5.74, 6) is -0.425. The van der Waals surface area contributed by atoms with Gasteiger partial charge in [-0.3, -0.25) is 9.36 Å². The molecule has 0 radical (unpaired) electrons. The van der Waals surface area contributed by atoms with Gasteiger partial charge in [-0.1, -0.05) is 52.1 Å². The van der Waals surface area contributed by atoms with Crippen LogP contribution < -0.4 is 0 Å². The number of hydrogen-bond donors (Lipinski definition) is 1. The number of hydrogen-bond acceptors (Lipinski definition) is 2. The molecule has 1 unspecified atom stereocenters. The van der Waals surface area contributed by atoms with Crippen LogP contribution in [-0.2, 0) is 10.2 Å². The first-order valence-electron chi connectivity index (χ1n) is 8.31. The van der Waals surface area contributed by atoms with E-state index in [1.807, 2.05) is 35.8 Å². The van der Waals surface area contributed by atoms with Crippen molar-refractivity contribution in [2.24, 2.45) is 0 Å². The number of carboxylic acid groups (broad SMARTS) is 1. The molecule has 0 bridgehead atoms. The third-order valence-corrected chi connectivity index (χ3v) is 5.90. The Bertz CT molecular complexity index is 981. The molecule has 0 aliphatic carbocycles. The standard InChI is InChI=1S/C20H17BrCl2N2O2/c1-3-20(2,19(26)27)16-11-25(13-9-7-12(21)8-10-13)18(24-16)17-14(22)5-4-6-15(17)23/h4-11H,3H2,1-2H3,(H,26,27). The van der Waals surface area contributed by atoms with Gasteiger partial charge in [-0.25, -0.2) is 4.98 Å². The molecule has 2 aromatic carbocycles. The molecular weight excluding hydrogens is 451 g/mol. The zero-order chi connectivity index (χ0) is 19.8. The summed E-state index contributed by atoms with van der Waals surface area (Å²) >= 11 is 16.2. The minimum Gasteiger partial charge on any atom is -0.481 e. The Balaban J connectivity index is 2.31. The van der Waals surface area contributed by atoms with Crippen molar-refractivity contribution in [3.63, 3.8) is 0 Å². The van der Waals surface area contributed by atoms with Crippen molar-refractivity contribution in [3.8, 4) is 17.1 Å². The normalized spacial score (nSPS) is 13.4. The summed E-state index contributed by atoms with van der Waals surface area (Å²) in [5.41, 5.74) is 0.723. The summed E-state index contributed by atoms with van der Waals surface area (Å²) in [6, 6.07) is 12.9. The van der Waals surface area contributed by atoms with Crippen molar-refractivity contribution >= 4 is 45.1 Å². The fourth-order valence-electron chi connectivity index (χ4n) is 2.77. The number of imidazole rings is 1. The molecule has 140 valence electrons. The molecule has 0 spiro atoms. The van der Waals surface area contributed by atoms with Crippen LogP contribution in [0.5, 0.6) is 0 Å². The summed E-state index contributed by atoms with van der Waals surface area (Å²) in [6.45, 7) is 3.50. The van der Waals surface area contributed by atoms with Crippen molar-refractivity contribution in [2.75, 3.05) is 0 Å². The van der Waals surface area contributed by atoms with Gasteiger partial charge in [0.2, 0.25) is 0 Å². The lowest BCUT2D eigenvalue weighted by Crippen LogP contribution is -2.32. The Labute approximate surface area is 175 Å². The lowest BCUT2D eigenvalue weighted by atomic mass is 9.84. The number of carboxylic acids is 1. The molecule has 1 aromatic heterocycles. The highest BCUT2D eigenvalue weighted by Crippen LogP contribution is 2.38. The van der Waals surface area contributed by atoms with Crippen LogP contribution in [0.1, 0.15) is 26.0 Å². The van der Waals surface area contributed by atoms with Gasteiger partial charge >= 0.3 is 5.97 Å². The van der Waals surface area contributed by atoms with Crippen molar-refractivity contribution in [1.29, 1.82) is 0 Å². The second-order valence-corrected chi connectivity index (χ2v) is 8.11. The highest BCUT2D eigenvalue weighted by molar-refractivity contribution is 9.10. The lowest BCUT2D eigenvalue weighted by Gasteiger charge is -2.20. The maximum Gasteiger partial charge on any atom is 0.315 e. The SMILES string of the molecule is CCC(C)(C(=O)O)c1cn(-c2ccc(Br)cc2)c(-c2c(Cl)cccc2Cl)n1. The van der Waals surface area contributed by atoms with Crippen LogP contribution >= 0.6 is 39.1 Å². The maximum absolute atomic E-state index is 11.9. The van der Waals surface area contributed by atoms with Crippen LogP contribution in [0.25, 0.3) is 17.1 Å². The van der Waals surface area contributed by atoms with E-state index in [0.717, 1.165) is 10.2 Å². The van der Waals surface area contributed by atoms with E-state index in [-0.39, 0.29) is 0 Å². The summed E-state index contributed by atoms with van der Waals surface area (Å²) in [6.07, 6.45) is 2.14. The van der Waals surface area contributed by atoms with E-state index in [4.69, 9.17) is 23.2 Å². The Kier molecular flexibility index (Phi) is 5.65. The molecule has 4 nitrogen and oxygen atoms in total. The number of rotatable bonds is 5. The summed E-state index contributed by atoms with van der Waals surface area (Å²) in [7, 11) is 0. The Hall–Kier alpha value is -1.82. The number of nitrogens with zero attached hydrogens (tertiary/aromatic N) is 2. The zero-order valence-electron chi connectivity index (χ0n) is 14.7. The summed E-state index contributed by atoms with van der Waals surface area (Å²) in [4.78, 5) is 16.6. The number of aromatic nitrogens is 2. The van der Waals surface area contributed by atoms with E-state index in [1.165, 1.54) is 0 Å². The van der Waals surface area contributed by atoms with E-state index in [0.29, 0.717) is 33.5 Å². The second kappa shape index (κ2) is 7.66. The van der Waals surface area contributed by atoms with Crippen LogP contribution in [0.2, 0.25) is 10.0 Å². The molecule has 27 heavy (non-hydrogen) atoms. The Morgan fingerprint density at radius 2 is 1.78 bits per heavy atom. The van der Waals surface area contributed by atoms with Gasteiger partial charge in [0.05, 0.1) is 21.3 Å². The van der Waals surface area contributed by atoms with E-state index < -0.39 is 11.4 Å². The molecule has 7 heteroatoms. The van der Waals surface area contributed by atoms with Gasteiger partial charge in [0, 0.05) is 16.4 Å². The molecule has 3 rings (SSSR count). The Morgan fingerprint density at radius 3 is 2.30 bits per heavy atom. The smallest absolute Gasteiger partial charge is 0.315 e. The first kappa shape index (κ1) is 19.9. The average Bonchev–Trinajstić information content (AvgIpc) is 3.06. The molecule has 0 aliphatic rings. The second-order valence-electron chi connectivity index (χ2n) is 6.38. The zero-order valence-corrected chi connectivity index (χ0v) is 17.8. The fraction of sp³-hybridized carbons (Fsp3) is 0.200.